The molecule has 17 heavy (non-hydrogen) atoms. The summed E-state index contributed by atoms with van der Waals surface area (Å²) in [6.07, 6.45) is 0. The lowest BCUT2D eigenvalue weighted by atomic mass is 10.0. The van der Waals surface area contributed by atoms with Crippen molar-refractivity contribution in [2.45, 2.75) is 39.8 Å². The molecule has 0 aliphatic carbocycles. The van der Waals surface area contributed by atoms with Crippen LogP contribution in [0.1, 0.15) is 36.6 Å². The van der Waals surface area contributed by atoms with Crippen LogP contribution in [0.2, 0.25) is 0 Å². The first-order valence-electron chi connectivity index (χ1n) is 6.40. The first-order valence-corrected chi connectivity index (χ1v) is 6.40. The summed E-state index contributed by atoms with van der Waals surface area (Å²) < 4.78 is 0. The van der Waals surface area contributed by atoms with E-state index in [9.17, 15) is 0 Å². The van der Waals surface area contributed by atoms with Crippen molar-refractivity contribution in [1.82, 2.24) is 10.2 Å². The minimum atomic E-state index is 0.404. The number of hydrogen-bond donors (Lipinski definition) is 1. The molecule has 1 N–H and O–H groups in total. The van der Waals surface area contributed by atoms with E-state index in [0.717, 1.165) is 6.54 Å². The summed E-state index contributed by atoms with van der Waals surface area (Å²) in [5.74, 6) is 0. The van der Waals surface area contributed by atoms with Gasteiger partial charge in [-0.15, -0.1) is 0 Å². The van der Waals surface area contributed by atoms with Gasteiger partial charge in [-0.2, -0.15) is 0 Å². The highest BCUT2D eigenvalue weighted by atomic mass is 15.1. The van der Waals surface area contributed by atoms with Crippen LogP contribution in [-0.2, 0) is 0 Å². The first kappa shape index (κ1) is 14.2. The van der Waals surface area contributed by atoms with Crippen molar-refractivity contribution in [3.05, 3.63) is 34.9 Å². The molecule has 0 fully saturated rings. The van der Waals surface area contributed by atoms with E-state index in [2.05, 4.69) is 63.2 Å². The van der Waals surface area contributed by atoms with E-state index in [1.165, 1.54) is 16.7 Å². The Morgan fingerprint density at radius 2 is 1.82 bits per heavy atom. The standard InChI is InChI=1S/C15H26N2/c1-11(2)17(6)10-15(16-5)14-8-7-12(3)13(4)9-14/h7-9,11,15-16H,10H2,1-6H3. The fraction of sp³-hybridized carbons (Fsp3) is 0.600. The van der Waals surface area contributed by atoms with E-state index < -0.39 is 0 Å². The lowest BCUT2D eigenvalue weighted by molar-refractivity contribution is 0.246. The summed E-state index contributed by atoms with van der Waals surface area (Å²) >= 11 is 0. The number of rotatable bonds is 5. The molecule has 0 radical (unpaired) electrons. The summed E-state index contributed by atoms with van der Waals surface area (Å²) in [6.45, 7) is 9.84. The summed E-state index contributed by atoms with van der Waals surface area (Å²) in [4.78, 5) is 2.37. The Morgan fingerprint density at radius 1 is 1.18 bits per heavy atom. The molecule has 0 saturated heterocycles. The zero-order valence-corrected chi connectivity index (χ0v) is 12.0. The lowest BCUT2D eigenvalue weighted by Crippen LogP contribution is -2.35. The molecule has 2 nitrogen and oxygen atoms in total. The van der Waals surface area contributed by atoms with Crippen LogP contribution >= 0.6 is 0 Å². The highest BCUT2D eigenvalue weighted by molar-refractivity contribution is 5.31. The van der Waals surface area contributed by atoms with Crippen molar-refractivity contribution in [1.29, 1.82) is 0 Å². The number of hydrogen-bond acceptors (Lipinski definition) is 2. The summed E-state index contributed by atoms with van der Waals surface area (Å²) in [6, 6.07) is 7.73. The van der Waals surface area contributed by atoms with Crippen molar-refractivity contribution >= 4 is 0 Å². The highest BCUT2D eigenvalue weighted by Crippen LogP contribution is 2.18. The molecule has 0 bridgehead atoms. The second-order valence-corrected chi connectivity index (χ2v) is 5.22. The molecule has 96 valence electrons. The topological polar surface area (TPSA) is 15.3 Å². The van der Waals surface area contributed by atoms with Crippen LogP contribution in [0.15, 0.2) is 18.2 Å². The normalized spacial score (nSPS) is 13.4. The van der Waals surface area contributed by atoms with Gasteiger partial charge in [0.1, 0.15) is 0 Å². The third kappa shape index (κ3) is 3.83. The van der Waals surface area contributed by atoms with Crippen molar-refractivity contribution < 1.29 is 0 Å². The van der Waals surface area contributed by atoms with Crippen LogP contribution in [0.25, 0.3) is 0 Å². The summed E-state index contributed by atoms with van der Waals surface area (Å²) in [5.41, 5.74) is 4.11. The maximum absolute atomic E-state index is 3.41. The SMILES string of the molecule is CNC(CN(C)C(C)C)c1ccc(C)c(C)c1. The average Bonchev–Trinajstić information content (AvgIpc) is 2.29. The first-order chi connectivity index (χ1) is 7.95. The van der Waals surface area contributed by atoms with Gasteiger partial charge in [-0.25, -0.2) is 0 Å². The molecule has 0 saturated carbocycles. The van der Waals surface area contributed by atoms with Gasteiger partial charge < -0.3 is 10.2 Å². The second kappa shape index (κ2) is 6.18. The molecule has 1 rings (SSSR count). The molecule has 0 amide bonds. The Kier molecular flexibility index (Phi) is 5.16. The molecular formula is C15H26N2. The fourth-order valence-corrected chi connectivity index (χ4v) is 1.84. The van der Waals surface area contributed by atoms with E-state index >= 15 is 0 Å². The van der Waals surface area contributed by atoms with Crippen LogP contribution in [0, 0.1) is 13.8 Å². The summed E-state index contributed by atoms with van der Waals surface area (Å²) in [7, 11) is 4.21. The molecular weight excluding hydrogens is 208 g/mol. The maximum atomic E-state index is 3.41. The van der Waals surface area contributed by atoms with Gasteiger partial charge in [0.05, 0.1) is 0 Å². The predicted molar refractivity (Wildman–Crippen MR) is 75.5 cm³/mol. The van der Waals surface area contributed by atoms with Gasteiger partial charge in [-0.05, 0) is 58.5 Å². The number of aryl methyl sites for hydroxylation is 2. The Bertz CT molecular complexity index is 358. The Hall–Kier alpha value is -0.860. The number of likely N-dealkylation sites (N-methyl/N-ethyl adjacent to an activating group) is 2. The largest absolute Gasteiger partial charge is 0.312 e. The van der Waals surface area contributed by atoms with E-state index in [1.54, 1.807) is 0 Å². The van der Waals surface area contributed by atoms with Gasteiger partial charge in [0.15, 0.2) is 0 Å². The molecule has 0 heterocycles. The Balaban J connectivity index is 2.82. The van der Waals surface area contributed by atoms with E-state index in [1.807, 2.05) is 7.05 Å². The van der Waals surface area contributed by atoms with Crippen molar-refractivity contribution in [2.24, 2.45) is 0 Å². The molecule has 2 heteroatoms. The average molecular weight is 234 g/mol. The molecule has 1 unspecified atom stereocenters. The van der Waals surface area contributed by atoms with Crippen LogP contribution in [0.4, 0.5) is 0 Å². The molecule has 1 aromatic rings. The van der Waals surface area contributed by atoms with E-state index in [0.29, 0.717) is 12.1 Å². The Labute approximate surface area is 106 Å². The highest BCUT2D eigenvalue weighted by Gasteiger charge is 2.14. The smallest absolute Gasteiger partial charge is 0.0446 e. The van der Waals surface area contributed by atoms with Crippen molar-refractivity contribution in [3.63, 3.8) is 0 Å². The van der Waals surface area contributed by atoms with Crippen molar-refractivity contribution in [2.75, 3.05) is 20.6 Å². The zero-order chi connectivity index (χ0) is 13.0. The minimum absolute atomic E-state index is 0.404. The quantitative estimate of drug-likeness (QED) is 0.842. The summed E-state index contributed by atoms with van der Waals surface area (Å²) in [5, 5.41) is 3.41. The minimum Gasteiger partial charge on any atom is -0.312 e. The van der Waals surface area contributed by atoms with Gasteiger partial charge in [0, 0.05) is 18.6 Å². The van der Waals surface area contributed by atoms with Gasteiger partial charge >= 0.3 is 0 Å². The number of nitrogens with zero attached hydrogens (tertiary/aromatic N) is 1. The molecule has 0 aromatic heterocycles. The number of benzene rings is 1. The fourth-order valence-electron chi connectivity index (χ4n) is 1.84. The Morgan fingerprint density at radius 3 is 2.29 bits per heavy atom. The molecule has 0 spiro atoms. The molecule has 0 aliphatic rings. The van der Waals surface area contributed by atoms with Crippen LogP contribution in [0.5, 0.6) is 0 Å². The predicted octanol–water partition coefficient (Wildman–Crippen LogP) is 2.90. The van der Waals surface area contributed by atoms with E-state index in [-0.39, 0.29) is 0 Å². The number of nitrogens with one attached hydrogen (secondary N) is 1. The lowest BCUT2D eigenvalue weighted by Gasteiger charge is -2.27. The van der Waals surface area contributed by atoms with Crippen LogP contribution < -0.4 is 5.32 Å². The third-order valence-corrected chi connectivity index (χ3v) is 3.63. The second-order valence-electron chi connectivity index (χ2n) is 5.22. The van der Waals surface area contributed by atoms with E-state index in [4.69, 9.17) is 0 Å². The van der Waals surface area contributed by atoms with Crippen LogP contribution in [-0.4, -0.2) is 31.6 Å². The monoisotopic (exact) mass is 234 g/mol. The van der Waals surface area contributed by atoms with Gasteiger partial charge in [-0.3, -0.25) is 0 Å². The van der Waals surface area contributed by atoms with Crippen LogP contribution in [0.3, 0.4) is 0 Å². The van der Waals surface area contributed by atoms with Crippen molar-refractivity contribution in [3.8, 4) is 0 Å². The van der Waals surface area contributed by atoms with Gasteiger partial charge in [-0.1, -0.05) is 18.2 Å². The zero-order valence-electron chi connectivity index (χ0n) is 12.0. The van der Waals surface area contributed by atoms with Gasteiger partial charge in [0.2, 0.25) is 0 Å². The third-order valence-electron chi connectivity index (χ3n) is 3.63. The molecule has 0 aliphatic heterocycles. The molecule has 1 atom stereocenters. The molecule has 1 aromatic carbocycles. The maximum Gasteiger partial charge on any atom is 0.0446 e. The van der Waals surface area contributed by atoms with Gasteiger partial charge in [0.25, 0.3) is 0 Å².